The van der Waals surface area contributed by atoms with E-state index in [4.69, 9.17) is 10.1 Å². The Hall–Kier alpha value is -3.48. The number of aliphatic imine (C=N–C) groups is 1. The zero-order chi connectivity index (χ0) is 30.7. The summed E-state index contributed by atoms with van der Waals surface area (Å²) in [5, 5.41) is 11.6. The van der Waals surface area contributed by atoms with E-state index in [0.717, 1.165) is 49.7 Å². The molecule has 1 fully saturated rings. The lowest BCUT2D eigenvalue weighted by Crippen LogP contribution is -2.51. The maximum atomic E-state index is 14.4. The van der Waals surface area contributed by atoms with Crippen molar-refractivity contribution in [2.75, 3.05) is 6.54 Å². The number of rotatable bonds is 9. The predicted octanol–water partition coefficient (Wildman–Crippen LogP) is 7.02. The van der Waals surface area contributed by atoms with Crippen molar-refractivity contribution in [3.8, 4) is 0 Å². The van der Waals surface area contributed by atoms with Gasteiger partial charge in [-0.3, -0.25) is 19.4 Å². The topological polar surface area (TPSA) is 99.1 Å². The summed E-state index contributed by atoms with van der Waals surface area (Å²) in [5.74, 6) is -0.712. The van der Waals surface area contributed by atoms with Gasteiger partial charge < -0.3 is 15.3 Å². The second-order valence-corrected chi connectivity index (χ2v) is 14.3. The minimum Gasteiger partial charge on any atom is -0.481 e. The molecular formula is C35H47N3O4. The molecule has 2 aromatic carbocycles. The summed E-state index contributed by atoms with van der Waals surface area (Å²) in [4.78, 5) is 45.3. The molecule has 1 unspecified atom stereocenters. The second-order valence-electron chi connectivity index (χ2n) is 14.3. The van der Waals surface area contributed by atoms with Gasteiger partial charge in [0, 0.05) is 17.7 Å². The lowest BCUT2D eigenvalue weighted by molar-refractivity contribution is -0.137. The Morgan fingerprint density at radius 2 is 1.62 bits per heavy atom. The standard InChI is InChI=1S/C35H47N3O4/c1-33(2,3)20-18-28(24-12-14-26(15-13-24)31(41)36-23-19-29(39)40)38-32(42)30(25-10-8-7-9-11-25)37-35(38)21-16-27(17-22-35)34(4,5)6/h7-15,27-28H,16-23H2,1-6H3,(H,36,41)(H,39,40). The number of hydrogen-bond donors (Lipinski definition) is 2. The number of nitrogens with zero attached hydrogens (tertiary/aromatic N) is 2. The number of amides is 2. The van der Waals surface area contributed by atoms with Crippen LogP contribution in [0.15, 0.2) is 59.6 Å². The number of nitrogens with one attached hydrogen (secondary N) is 1. The molecular weight excluding hydrogens is 526 g/mol. The summed E-state index contributed by atoms with van der Waals surface area (Å²) in [7, 11) is 0. The van der Waals surface area contributed by atoms with Crippen molar-refractivity contribution < 1.29 is 19.5 Å². The van der Waals surface area contributed by atoms with Crippen molar-refractivity contribution in [1.29, 1.82) is 0 Å². The molecule has 0 bridgehead atoms. The van der Waals surface area contributed by atoms with E-state index in [1.54, 1.807) is 12.1 Å². The van der Waals surface area contributed by atoms with Crippen molar-refractivity contribution in [2.45, 2.75) is 98.2 Å². The Bertz CT molecular complexity index is 1290. The maximum Gasteiger partial charge on any atom is 0.305 e. The highest BCUT2D eigenvalue weighted by atomic mass is 16.4. The molecule has 0 radical (unpaired) electrons. The molecule has 2 aromatic rings. The number of aliphatic carboxylic acids is 1. The predicted molar refractivity (Wildman–Crippen MR) is 166 cm³/mol. The minimum absolute atomic E-state index is 0.0233. The van der Waals surface area contributed by atoms with Gasteiger partial charge in [-0.25, -0.2) is 0 Å². The van der Waals surface area contributed by atoms with Gasteiger partial charge in [0.25, 0.3) is 11.8 Å². The van der Waals surface area contributed by atoms with Gasteiger partial charge >= 0.3 is 5.97 Å². The van der Waals surface area contributed by atoms with Crippen molar-refractivity contribution in [3.05, 3.63) is 71.3 Å². The third kappa shape index (κ3) is 7.29. The molecule has 1 spiro atoms. The van der Waals surface area contributed by atoms with Crippen LogP contribution in [0, 0.1) is 16.7 Å². The zero-order valence-corrected chi connectivity index (χ0v) is 26.1. The summed E-state index contributed by atoms with van der Waals surface area (Å²) in [6, 6.07) is 17.0. The van der Waals surface area contributed by atoms with E-state index in [1.165, 1.54) is 0 Å². The van der Waals surface area contributed by atoms with Crippen molar-refractivity contribution in [1.82, 2.24) is 10.2 Å². The Labute approximate surface area is 250 Å². The Balaban J connectivity index is 1.70. The fraction of sp³-hybridized carbons (Fsp3) is 0.543. The molecule has 226 valence electrons. The SMILES string of the molecule is CC(C)(C)CCC(c1ccc(C(=O)NCCC(=O)O)cc1)N1C(=O)C(c2ccccc2)=NC12CCC(C(C)(C)C)CC2. The van der Waals surface area contributed by atoms with Gasteiger partial charge in [0.2, 0.25) is 0 Å². The third-order valence-electron chi connectivity index (χ3n) is 8.91. The van der Waals surface area contributed by atoms with E-state index in [2.05, 4.69) is 51.8 Å². The van der Waals surface area contributed by atoms with Crippen LogP contribution in [0.25, 0.3) is 0 Å². The first-order chi connectivity index (χ1) is 19.7. The van der Waals surface area contributed by atoms with Gasteiger partial charge in [0.1, 0.15) is 11.4 Å². The largest absolute Gasteiger partial charge is 0.481 e. The van der Waals surface area contributed by atoms with Crippen molar-refractivity contribution in [3.63, 3.8) is 0 Å². The van der Waals surface area contributed by atoms with E-state index in [0.29, 0.717) is 17.2 Å². The van der Waals surface area contributed by atoms with Crippen molar-refractivity contribution >= 4 is 23.5 Å². The molecule has 4 rings (SSSR count). The van der Waals surface area contributed by atoms with Gasteiger partial charge in [-0.05, 0) is 73.0 Å². The Kier molecular flexibility index (Phi) is 9.29. The molecule has 2 N–H and O–H groups in total. The smallest absolute Gasteiger partial charge is 0.305 e. The Morgan fingerprint density at radius 3 is 2.17 bits per heavy atom. The summed E-state index contributed by atoms with van der Waals surface area (Å²) >= 11 is 0. The number of carbonyl (C=O) groups excluding carboxylic acids is 2. The van der Waals surface area contributed by atoms with Crippen LogP contribution in [0.1, 0.15) is 114 Å². The number of carbonyl (C=O) groups is 3. The summed E-state index contributed by atoms with van der Waals surface area (Å²) in [6.07, 6.45) is 5.25. The molecule has 42 heavy (non-hydrogen) atoms. The molecule has 7 heteroatoms. The minimum atomic E-state index is -0.954. The van der Waals surface area contributed by atoms with Crippen LogP contribution >= 0.6 is 0 Å². The number of benzene rings is 2. The van der Waals surface area contributed by atoms with Gasteiger partial charge in [-0.1, -0.05) is 84.0 Å². The summed E-state index contributed by atoms with van der Waals surface area (Å²) in [5.41, 5.74) is 2.52. The number of hydrogen-bond acceptors (Lipinski definition) is 4. The summed E-state index contributed by atoms with van der Waals surface area (Å²) in [6.45, 7) is 13.6. The first-order valence-electron chi connectivity index (χ1n) is 15.3. The first kappa shape index (κ1) is 31.5. The van der Waals surface area contributed by atoms with Crippen LogP contribution < -0.4 is 5.32 Å². The van der Waals surface area contributed by atoms with Crippen LogP contribution in [-0.4, -0.2) is 45.7 Å². The lowest BCUT2D eigenvalue weighted by atomic mass is 9.69. The average Bonchev–Trinajstić information content (AvgIpc) is 3.20. The normalized spacial score (nSPS) is 21.8. The van der Waals surface area contributed by atoms with Gasteiger partial charge in [0.05, 0.1) is 12.5 Å². The first-order valence-corrected chi connectivity index (χ1v) is 15.3. The van der Waals surface area contributed by atoms with Crippen LogP contribution in [0.2, 0.25) is 0 Å². The molecule has 2 amide bonds. The molecule has 1 atom stereocenters. The van der Waals surface area contributed by atoms with Gasteiger partial charge in [-0.2, -0.15) is 0 Å². The molecule has 0 aromatic heterocycles. The van der Waals surface area contributed by atoms with Gasteiger partial charge in [-0.15, -0.1) is 0 Å². The number of carboxylic acids is 1. The monoisotopic (exact) mass is 573 g/mol. The molecule has 1 saturated carbocycles. The molecule has 2 aliphatic rings. The molecule has 1 heterocycles. The van der Waals surface area contributed by atoms with Crippen LogP contribution in [-0.2, 0) is 9.59 Å². The highest BCUT2D eigenvalue weighted by Gasteiger charge is 2.52. The van der Waals surface area contributed by atoms with Crippen molar-refractivity contribution in [2.24, 2.45) is 21.7 Å². The van der Waals surface area contributed by atoms with E-state index in [9.17, 15) is 14.4 Å². The third-order valence-corrected chi connectivity index (χ3v) is 8.91. The van der Waals surface area contributed by atoms with Crippen LogP contribution in [0.3, 0.4) is 0 Å². The quantitative estimate of drug-likeness (QED) is 0.337. The summed E-state index contributed by atoms with van der Waals surface area (Å²) < 4.78 is 0. The highest BCUT2D eigenvalue weighted by Crippen LogP contribution is 2.50. The second kappa shape index (κ2) is 12.4. The zero-order valence-electron chi connectivity index (χ0n) is 26.1. The van der Waals surface area contributed by atoms with Crippen LogP contribution in [0.4, 0.5) is 0 Å². The fourth-order valence-corrected chi connectivity index (χ4v) is 6.38. The Morgan fingerprint density at radius 1 is 1.00 bits per heavy atom. The molecule has 0 saturated heterocycles. The average molecular weight is 574 g/mol. The molecule has 1 aliphatic heterocycles. The highest BCUT2D eigenvalue weighted by molar-refractivity contribution is 6.46. The van der Waals surface area contributed by atoms with Gasteiger partial charge in [0.15, 0.2) is 0 Å². The van der Waals surface area contributed by atoms with E-state index in [-0.39, 0.29) is 41.7 Å². The molecule has 1 aliphatic carbocycles. The van der Waals surface area contributed by atoms with E-state index in [1.807, 2.05) is 42.5 Å². The maximum absolute atomic E-state index is 14.4. The lowest BCUT2D eigenvalue weighted by Gasteiger charge is -2.47. The molecule has 7 nitrogen and oxygen atoms in total. The van der Waals surface area contributed by atoms with E-state index >= 15 is 0 Å². The van der Waals surface area contributed by atoms with E-state index < -0.39 is 11.6 Å². The number of carboxylic acid groups (broad SMARTS) is 1. The fourth-order valence-electron chi connectivity index (χ4n) is 6.38. The van der Waals surface area contributed by atoms with Crippen LogP contribution in [0.5, 0.6) is 0 Å².